The molecule has 0 aliphatic heterocycles. The zero-order valence-corrected chi connectivity index (χ0v) is 23.7. The summed E-state index contributed by atoms with van der Waals surface area (Å²) in [6, 6.07) is 4.64. The molecule has 0 amide bonds. The Morgan fingerprint density at radius 2 is 1.74 bits per heavy atom. The molecule has 0 bridgehead atoms. The van der Waals surface area contributed by atoms with Gasteiger partial charge in [0.05, 0.1) is 27.1 Å². The summed E-state index contributed by atoms with van der Waals surface area (Å²) in [5, 5.41) is 4.98. The van der Waals surface area contributed by atoms with Crippen molar-refractivity contribution in [2.45, 2.75) is 74.4 Å². The lowest BCUT2D eigenvalue weighted by Crippen LogP contribution is -2.26. The predicted molar refractivity (Wildman–Crippen MR) is 149 cm³/mol. The zero-order chi connectivity index (χ0) is 30.6. The first kappa shape index (κ1) is 29.9. The number of aromatic nitrogens is 3. The quantitative estimate of drug-likeness (QED) is 0.241. The molecule has 7 nitrogen and oxygen atoms in total. The third-order valence-electron chi connectivity index (χ3n) is 7.74. The van der Waals surface area contributed by atoms with E-state index in [1.807, 2.05) is 13.8 Å². The Balaban J connectivity index is 1.58. The number of nitrogen functional groups attached to an aromatic ring is 1. The van der Waals surface area contributed by atoms with E-state index >= 15 is 8.78 Å². The van der Waals surface area contributed by atoms with Crippen molar-refractivity contribution in [2.24, 2.45) is 5.73 Å². The minimum absolute atomic E-state index is 0.0572. The number of hydrogen-bond acceptors (Lipinski definition) is 6. The monoisotopic (exact) mass is 607 g/mol. The highest BCUT2D eigenvalue weighted by molar-refractivity contribution is 7.90. The van der Waals surface area contributed by atoms with E-state index in [1.54, 1.807) is 10.9 Å². The van der Waals surface area contributed by atoms with Gasteiger partial charge in [-0.05, 0) is 81.3 Å². The van der Waals surface area contributed by atoms with Crippen molar-refractivity contribution in [3.05, 3.63) is 70.9 Å². The molecule has 13 heteroatoms. The first-order chi connectivity index (χ1) is 19.7. The number of alkyl halides is 3. The molecule has 42 heavy (non-hydrogen) atoms. The summed E-state index contributed by atoms with van der Waals surface area (Å²) < 4.78 is 97.9. The second kappa shape index (κ2) is 10.9. The molecule has 1 fully saturated rings. The normalized spacial score (nSPS) is 18.2. The molecule has 0 radical (unpaired) electrons. The van der Waals surface area contributed by atoms with Crippen molar-refractivity contribution in [1.29, 1.82) is 0 Å². The minimum atomic E-state index is -4.77. The van der Waals surface area contributed by atoms with Gasteiger partial charge in [-0.1, -0.05) is 6.07 Å². The SMILES string of the molecule is CC(C)n1nc(-c2cc(F)c(CS(=O)(=O)c3cccc(C(F)(F)F)c3)cc2F)c2c(N)ncc(C3CCC(N)CC3)c21. The number of hydrogen-bond donors (Lipinski definition) is 2. The maximum atomic E-state index is 15.6. The molecule has 2 heterocycles. The maximum Gasteiger partial charge on any atom is 0.416 e. The molecule has 1 aliphatic carbocycles. The molecule has 5 rings (SSSR count). The van der Waals surface area contributed by atoms with Gasteiger partial charge < -0.3 is 11.5 Å². The number of anilines is 1. The first-order valence-corrected chi connectivity index (χ1v) is 15.1. The second-order valence-corrected chi connectivity index (χ2v) is 13.0. The maximum absolute atomic E-state index is 15.6. The molecule has 4 N–H and O–H groups in total. The molecule has 0 unspecified atom stereocenters. The van der Waals surface area contributed by atoms with Gasteiger partial charge in [-0.15, -0.1) is 0 Å². The molecule has 2 aromatic heterocycles. The molecule has 1 saturated carbocycles. The highest BCUT2D eigenvalue weighted by Gasteiger charge is 2.32. The molecule has 0 saturated heterocycles. The number of benzene rings is 2. The fourth-order valence-corrected chi connectivity index (χ4v) is 6.93. The van der Waals surface area contributed by atoms with Crippen LogP contribution in [0.1, 0.15) is 68.2 Å². The van der Waals surface area contributed by atoms with Gasteiger partial charge in [0, 0.05) is 29.4 Å². The summed E-state index contributed by atoms with van der Waals surface area (Å²) in [7, 11) is -4.45. The number of rotatable bonds is 6. The summed E-state index contributed by atoms with van der Waals surface area (Å²) in [4.78, 5) is 3.70. The molecule has 224 valence electrons. The Morgan fingerprint density at radius 1 is 1.05 bits per heavy atom. The van der Waals surface area contributed by atoms with E-state index in [-0.39, 0.29) is 35.1 Å². The third kappa shape index (κ3) is 5.59. The van der Waals surface area contributed by atoms with E-state index in [0.29, 0.717) is 17.0 Å². The number of halogens is 5. The number of nitrogens with zero attached hydrogens (tertiary/aromatic N) is 3. The Kier molecular flexibility index (Phi) is 7.77. The van der Waals surface area contributed by atoms with Crippen LogP contribution in [0.2, 0.25) is 0 Å². The van der Waals surface area contributed by atoms with Crippen LogP contribution in [0.4, 0.5) is 27.8 Å². The molecule has 0 atom stereocenters. The van der Waals surface area contributed by atoms with Crippen LogP contribution in [-0.4, -0.2) is 29.2 Å². The lowest BCUT2D eigenvalue weighted by Gasteiger charge is -2.27. The van der Waals surface area contributed by atoms with Crippen molar-refractivity contribution in [3.8, 4) is 11.3 Å². The van der Waals surface area contributed by atoms with Crippen LogP contribution in [0.5, 0.6) is 0 Å². The smallest absolute Gasteiger partial charge is 0.383 e. The molecule has 2 aromatic carbocycles. The highest BCUT2D eigenvalue weighted by atomic mass is 32.2. The van der Waals surface area contributed by atoms with Gasteiger partial charge in [-0.2, -0.15) is 18.3 Å². The van der Waals surface area contributed by atoms with E-state index in [4.69, 9.17) is 11.5 Å². The standard InChI is InChI=1S/C29H30F5N5O2S/c1-15(2)39-27-22(16-6-8-19(35)9-7-16)13-37-28(36)25(27)26(38-39)21-12-23(30)17(10-24(21)31)14-42(40,41)20-5-3-4-18(11-20)29(32,33)34/h3-5,10-13,15-16,19H,6-9,14,35H2,1-2H3,(H2,36,37). The third-order valence-corrected chi connectivity index (χ3v) is 9.40. The molecule has 1 aliphatic rings. The lowest BCUT2D eigenvalue weighted by atomic mass is 9.82. The zero-order valence-electron chi connectivity index (χ0n) is 22.9. The van der Waals surface area contributed by atoms with E-state index in [2.05, 4.69) is 10.1 Å². The fourth-order valence-electron chi connectivity index (χ4n) is 5.54. The van der Waals surface area contributed by atoms with Gasteiger partial charge in [-0.25, -0.2) is 22.2 Å². The van der Waals surface area contributed by atoms with Crippen molar-refractivity contribution in [3.63, 3.8) is 0 Å². The molecular formula is C29H30F5N5O2S. The van der Waals surface area contributed by atoms with Gasteiger partial charge in [0.1, 0.15) is 23.1 Å². The summed E-state index contributed by atoms with van der Waals surface area (Å²) in [6.07, 6.45) is 0.264. The first-order valence-electron chi connectivity index (χ1n) is 13.5. The van der Waals surface area contributed by atoms with Crippen LogP contribution in [0.3, 0.4) is 0 Å². The minimum Gasteiger partial charge on any atom is -0.383 e. The van der Waals surface area contributed by atoms with Crippen molar-refractivity contribution >= 4 is 26.6 Å². The van der Waals surface area contributed by atoms with Gasteiger partial charge in [0.25, 0.3) is 0 Å². The number of fused-ring (bicyclic) bond motifs is 1. The number of sulfone groups is 1. The van der Waals surface area contributed by atoms with Crippen LogP contribution in [0.15, 0.2) is 47.5 Å². The highest BCUT2D eigenvalue weighted by Crippen LogP contribution is 2.42. The van der Waals surface area contributed by atoms with Gasteiger partial charge in [0.15, 0.2) is 9.84 Å². The van der Waals surface area contributed by atoms with Crippen molar-refractivity contribution in [1.82, 2.24) is 14.8 Å². The Bertz CT molecular complexity index is 1760. The van der Waals surface area contributed by atoms with E-state index < -0.39 is 49.4 Å². The van der Waals surface area contributed by atoms with Crippen molar-refractivity contribution < 1.29 is 30.4 Å². The summed E-state index contributed by atoms with van der Waals surface area (Å²) >= 11 is 0. The topological polar surface area (TPSA) is 117 Å². The Labute approximate surface area is 239 Å². The summed E-state index contributed by atoms with van der Waals surface area (Å²) in [5.41, 5.74) is 12.0. The fraction of sp³-hybridized carbons (Fsp3) is 0.379. The summed E-state index contributed by atoms with van der Waals surface area (Å²) in [5.74, 6) is -2.85. The molecular weight excluding hydrogens is 577 g/mol. The second-order valence-electron chi connectivity index (χ2n) is 11.0. The molecule has 4 aromatic rings. The van der Waals surface area contributed by atoms with Crippen LogP contribution < -0.4 is 11.5 Å². The van der Waals surface area contributed by atoms with Crippen LogP contribution in [-0.2, 0) is 21.8 Å². The lowest BCUT2D eigenvalue weighted by molar-refractivity contribution is -0.137. The average molecular weight is 608 g/mol. The average Bonchev–Trinajstić information content (AvgIpc) is 3.33. The van der Waals surface area contributed by atoms with Crippen molar-refractivity contribution in [2.75, 3.05) is 5.73 Å². The van der Waals surface area contributed by atoms with Crippen LogP contribution >= 0.6 is 0 Å². The van der Waals surface area contributed by atoms with Crippen LogP contribution in [0.25, 0.3) is 22.2 Å². The van der Waals surface area contributed by atoms with E-state index in [1.165, 1.54) is 0 Å². The predicted octanol–water partition coefficient (Wildman–Crippen LogP) is 6.52. The summed E-state index contributed by atoms with van der Waals surface area (Å²) in [6.45, 7) is 3.79. The Hall–Kier alpha value is -3.58. The van der Waals surface area contributed by atoms with E-state index in [0.717, 1.165) is 61.6 Å². The number of nitrogens with two attached hydrogens (primary N) is 2. The Morgan fingerprint density at radius 3 is 2.38 bits per heavy atom. The molecule has 0 spiro atoms. The van der Waals surface area contributed by atoms with Gasteiger partial charge in [-0.3, -0.25) is 4.68 Å². The van der Waals surface area contributed by atoms with Gasteiger partial charge >= 0.3 is 6.18 Å². The van der Waals surface area contributed by atoms with Gasteiger partial charge in [0.2, 0.25) is 0 Å². The van der Waals surface area contributed by atoms with Crippen LogP contribution in [0, 0.1) is 11.6 Å². The number of pyridine rings is 1. The largest absolute Gasteiger partial charge is 0.416 e. The van der Waals surface area contributed by atoms with E-state index in [9.17, 15) is 21.6 Å².